The third kappa shape index (κ3) is 2.86. The van der Waals surface area contributed by atoms with Crippen LogP contribution in [0.5, 0.6) is 0 Å². The molecule has 102 valence electrons. The molecule has 0 heterocycles. The van der Waals surface area contributed by atoms with Crippen molar-refractivity contribution in [3.05, 3.63) is 32.7 Å². The first-order valence-corrected chi connectivity index (χ1v) is 6.26. The first-order chi connectivity index (χ1) is 9.92. The lowest BCUT2D eigenvalue weighted by molar-refractivity contribution is -0.0183. The highest BCUT2D eigenvalue weighted by atomic mass is 79.9. The molecule has 21 heavy (non-hydrogen) atoms. The minimum absolute atomic E-state index is 0.00852. The van der Waals surface area contributed by atoms with Crippen molar-refractivity contribution in [1.82, 2.24) is 0 Å². The smallest absolute Gasteiger partial charge is 0.195 e. The van der Waals surface area contributed by atoms with Crippen LogP contribution in [0.15, 0.2) is 0 Å². The molecule has 0 saturated heterocycles. The zero-order valence-electron chi connectivity index (χ0n) is 10.8. The Hall–Kier alpha value is -2.84. The van der Waals surface area contributed by atoms with Crippen molar-refractivity contribution in [3.8, 4) is 24.3 Å². The maximum Gasteiger partial charge on any atom is 0.195 e. The van der Waals surface area contributed by atoms with Crippen LogP contribution in [0, 0.1) is 45.3 Å². The number of rotatable bonds is 2. The maximum absolute atomic E-state index is 9.25. The molecule has 1 atom stereocenters. The van der Waals surface area contributed by atoms with Crippen molar-refractivity contribution in [3.63, 3.8) is 0 Å². The summed E-state index contributed by atoms with van der Waals surface area (Å²) in [5, 5.41) is 46.0. The molecular formula is C14H7BrN4O2. The van der Waals surface area contributed by atoms with E-state index in [1.807, 2.05) is 0 Å². The molecule has 0 aliphatic rings. The molecule has 0 saturated carbocycles. The summed E-state index contributed by atoms with van der Waals surface area (Å²) in [4.78, 5) is 0. The van der Waals surface area contributed by atoms with Crippen molar-refractivity contribution in [2.45, 2.75) is 13.2 Å². The van der Waals surface area contributed by atoms with Gasteiger partial charge in [0.15, 0.2) is 11.0 Å². The molecule has 0 spiro atoms. The molecule has 0 bridgehead atoms. The molecule has 0 aromatic heterocycles. The molecule has 1 rings (SSSR count). The Morgan fingerprint density at radius 3 is 1.71 bits per heavy atom. The number of halogens is 1. The Bertz CT molecular complexity index is 817. The minimum atomic E-state index is -1.21. The number of nitrogens with zero attached hydrogens (tertiary/aromatic N) is 4. The highest BCUT2D eigenvalue weighted by molar-refractivity contribution is 9.14. The lowest BCUT2D eigenvalue weighted by Gasteiger charge is -2.10. The second-order valence-corrected chi connectivity index (χ2v) is 4.51. The quantitative estimate of drug-likeness (QED) is 0.775. The number of benzene rings is 1. The maximum atomic E-state index is 9.25. The summed E-state index contributed by atoms with van der Waals surface area (Å²) in [6.07, 6.45) is -1.21. The Balaban J connectivity index is 4.21. The molecule has 0 fully saturated rings. The van der Waals surface area contributed by atoms with E-state index < -0.39 is 6.29 Å². The first-order valence-electron chi connectivity index (χ1n) is 5.46. The monoisotopic (exact) mass is 342 g/mol. The van der Waals surface area contributed by atoms with E-state index in [4.69, 9.17) is 15.3 Å². The van der Waals surface area contributed by atoms with Gasteiger partial charge in [-0.1, -0.05) is 6.58 Å². The minimum Gasteiger partial charge on any atom is -0.458 e. The molecule has 1 unspecified atom stereocenters. The lowest BCUT2D eigenvalue weighted by atomic mass is 9.95. The standard InChI is InChI=1S/C14H7BrN4O2/c1-7-9(3-16)11(5-18)13(14(15)21-8(2)20)12(6-19)10(7)4-17/h8,20H,1H2,2H3. The Morgan fingerprint density at radius 2 is 1.43 bits per heavy atom. The van der Waals surface area contributed by atoms with Crippen LogP contribution in [0.1, 0.15) is 29.2 Å². The summed E-state index contributed by atoms with van der Waals surface area (Å²) in [5.41, 5.74) is -0.528. The van der Waals surface area contributed by atoms with Crippen LogP contribution in [0.2, 0.25) is 0 Å². The van der Waals surface area contributed by atoms with Gasteiger partial charge < -0.3 is 9.84 Å². The second-order valence-electron chi connectivity index (χ2n) is 3.79. The van der Waals surface area contributed by atoms with Crippen molar-refractivity contribution in [2.75, 3.05) is 0 Å². The Kier molecular flexibility index (Phi) is 5.06. The van der Waals surface area contributed by atoms with E-state index in [0.29, 0.717) is 0 Å². The van der Waals surface area contributed by atoms with Crippen molar-refractivity contribution in [1.29, 1.82) is 21.0 Å². The third-order valence-electron chi connectivity index (χ3n) is 2.52. The van der Waals surface area contributed by atoms with Gasteiger partial charge in [0, 0.05) is 5.22 Å². The number of hydrogen-bond donors (Lipinski definition) is 1. The van der Waals surface area contributed by atoms with E-state index in [1.165, 1.54) is 6.92 Å². The van der Waals surface area contributed by atoms with Crippen molar-refractivity contribution in [2.24, 2.45) is 0 Å². The topological polar surface area (TPSA) is 125 Å². The van der Waals surface area contributed by atoms with Gasteiger partial charge in [-0.2, -0.15) is 21.0 Å². The zero-order chi connectivity index (χ0) is 16.2. The Morgan fingerprint density at radius 1 is 1.05 bits per heavy atom. The van der Waals surface area contributed by atoms with E-state index in [0.717, 1.165) is 0 Å². The molecule has 1 aromatic carbocycles. The predicted molar refractivity (Wildman–Crippen MR) is 75.2 cm³/mol. The number of ether oxygens (including phenoxy) is 1. The van der Waals surface area contributed by atoms with E-state index in [-0.39, 0.29) is 37.4 Å². The van der Waals surface area contributed by atoms with Crippen LogP contribution in [0.3, 0.4) is 0 Å². The number of aliphatic hydroxyl groups is 1. The molecule has 6 nitrogen and oxygen atoms in total. The van der Waals surface area contributed by atoms with Gasteiger partial charge in [-0.15, -0.1) is 0 Å². The van der Waals surface area contributed by atoms with Gasteiger partial charge in [0.05, 0.1) is 27.5 Å². The van der Waals surface area contributed by atoms with Crippen molar-refractivity contribution >= 4 is 27.2 Å². The van der Waals surface area contributed by atoms with Gasteiger partial charge >= 0.3 is 0 Å². The summed E-state index contributed by atoms with van der Waals surface area (Å²) in [7, 11) is 0. The van der Waals surface area contributed by atoms with E-state index >= 15 is 0 Å². The fourth-order valence-electron chi connectivity index (χ4n) is 1.68. The average molecular weight is 343 g/mol. The fraction of sp³-hybridized carbons (Fsp3) is 0.143. The summed E-state index contributed by atoms with van der Waals surface area (Å²) in [6, 6.07) is 7.18. The van der Waals surface area contributed by atoms with Crippen LogP contribution in [0.25, 0.3) is 11.2 Å². The molecule has 1 N–H and O–H groups in total. The van der Waals surface area contributed by atoms with Gasteiger partial charge in [-0.25, -0.2) is 0 Å². The van der Waals surface area contributed by atoms with Crippen LogP contribution in [-0.2, 0) is 4.74 Å². The van der Waals surface area contributed by atoms with Gasteiger partial charge in [-0.3, -0.25) is 0 Å². The van der Waals surface area contributed by atoms with Crippen LogP contribution < -0.4 is 10.4 Å². The van der Waals surface area contributed by atoms with Gasteiger partial charge in [0.2, 0.25) is 0 Å². The van der Waals surface area contributed by atoms with Crippen LogP contribution >= 0.6 is 15.9 Å². The van der Waals surface area contributed by atoms with Gasteiger partial charge in [0.25, 0.3) is 0 Å². The predicted octanol–water partition coefficient (Wildman–Crippen LogP) is 0.399. The summed E-state index contributed by atoms with van der Waals surface area (Å²) >= 11 is 3.01. The van der Waals surface area contributed by atoms with Crippen LogP contribution in [0.4, 0.5) is 0 Å². The largest absolute Gasteiger partial charge is 0.458 e. The molecule has 0 aliphatic heterocycles. The number of aliphatic hydroxyl groups excluding tert-OH is 1. The average Bonchev–Trinajstić information content (AvgIpc) is 2.44. The summed E-state index contributed by atoms with van der Waals surface area (Å²) in [5.74, 6) is 0. The van der Waals surface area contributed by atoms with Gasteiger partial charge in [-0.05, 0) is 22.9 Å². The Labute approximate surface area is 128 Å². The zero-order valence-corrected chi connectivity index (χ0v) is 12.4. The third-order valence-corrected chi connectivity index (χ3v) is 3.10. The molecular weight excluding hydrogens is 336 g/mol. The summed E-state index contributed by atoms with van der Waals surface area (Å²) < 4.78 is 4.90. The molecule has 0 radical (unpaired) electrons. The van der Waals surface area contributed by atoms with E-state index in [1.54, 1.807) is 24.3 Å². The highest BCUT2D eigenvalue weighted by Gasteiger charge is 2.19. The molecule has 1 aromatic rings. The molecule has 0 aliphatic carbocycles. The molecule has 0 amide bonds. The molecule has 7 heteroatoms. The second kappa shape index (κ2) is 6.55. The summed E-state index contributed by atoms with van der Waals surface area (Å²) in [6.45, 7) is 4.90. The van der Waals surface area contributed by atoms with Crippen LogP contribution in [-0.4, -0.2) is 11.4 Å². The number of nitriles is 4. The van der Waals surface area contributed by atoms with E-state index in [2.05, 4.69) is 22.5 Å². The lowest BCUT2D eigenvalue weighted by Crippen LogP contribution is -2.28. The fourth-order valence-corrected chi connectivity index (χ4v) is 2.34. The SMILES string of the molecule is C=c1c(C#N)c(C#N)c(=C(Br)OC(C)O)c(C#N)c1C#N. The number of hydrogen-bond acceptors (Lipinski definition) is 6. The van der Waals surface area contributed by atoms with Gasteiger partial charge in [0.1, 0.15) is 24.3 Å². The normalized spacial score (nSPS) is 10.4. The highest BCUT2D eigenvalue weighted by Crippen LogP contribution is 2.13. The first kappa shape index (κ1) is 16.2. The van der Waals surface area contributed by atoms with E-state index in [9.17, 15) is 15.6 Å². The van der Waals surface area contributed by atoms with Crippen molar-refractivity contribution < 1.29 is 9.84 Å².